The fourth-order valence-corrected chi connectivity index (χ4v) is 4.19. The molecule has 3 N–H and O–H groups in total. The second-order valence-corrected chi connectivity index (χ2v) is 8.55. The summed E-state index contributed by atoms with van der Waals surface area (Å²) in [6.45, 7) is 4.82. The number of aryl methyl sites for hydroxylation is 1. The van der Waals surface area contributed by atoms with Crippen molar-refractivity contribution in [3.8, 4) is 17.2 Å². The molecule has 0 radical (unpaired) electrons. The minimum Gasteiger partial charge on any atom is -0.490 e. The number of likely N-dealkylation sites (tertiary alicyclic amines) is 1. The van der Waals surface area contributed by atoms with E-state index >= 15 is 0 Å². The third-order valence-electron chi connectivity index (χ3n) is 6.03. The van der Waals surface area contributed by atoms with Gasteiger partial charge in [0.25, 0.3) is 0 Å². The van der Waals surface area contributed by atoms with Crippen molar-refractivity contribution in [3.05, 3.63) is 83.9 Å². The van der Waals surface area contributed by atoms with Gasteiger partial charge in [0.15, 0.2) is 0 Å². The smallest absolute Gasteiger partial charge is 0.127 e. The number of hydrogen-bond donors (Lipinski definition) is 2. The van der Waals surface area contributed by atoms with Crippen molar-refractivity contribution in [2.75, 3.05) is 32.0 Å². The van der Waals surface area contributed by atoms with Crippen molar-refractivity contribution >= 4 is 5.69 Å². The lowest BCUT2D eigenvalue weighted by Gasteiger charge is -2.33. The molecule has 5 heteroatoms. The fraction of sp³-hybridized carbons (Fsp3) is 0.333. The highest BCUT2D eigenvalue weighted by Crippen LogP contribution is 2.30. The molecule has 0 saturated carbocycles. The SMILES string of the molecule is Cc1ccc(N)cc1OC[C@@H](O)CN1CCC(c2ccc(Oc3ccccc3)cc2)CC1. The average molecular weight is 433 g/mol. The van der Waals surface area contributed by atoms with E-state index in [0.717, 1.165) is 48.7 Å². The number of piperidine rings is 1. The van der Waals surface area contributed by atoms with E-state index in [0.29, 0.717) is 18.2 Å². The summed E-state index contributed by atoms with van der Waals surface area (Å²) in [5.41, 5.74) is 8.87. The number of aliphatic hydroxyl groups excluding tert-OH is 1. The normalized spacial score (nSPS) is 15.9. The van der Waals surface area contributed by atoms with Gasteiger partial charge in [-0.15, -0.1) is 0 Å². The Bertz CT molecular complexity index is 984. The molecule has 0 amide bonds. The van der Waals surface area contributed by atoms with Crippen LogP contribution in [0.5, 0.6) is 17.2 Å². The molecule has 1 atom stereocenters. The minimum absolute atomic E-state index is 0.271. The number of benzene rings is 3. The van der Waals surface area contributed by atoms with Gasteiger partial charge in [0, 0.05) is 18.3 Å². The zero-order chi connectivity index (χ0) is 22.3. The molecule has 168 valence electrons. The highest BCUT2D eigenvalue weighted by Gasteiger charge is 2.22. The second kappa shape index (κ2) is 10.5. The summed E-state index contributed by atoms with van der Waals surface area (Å²) in [6, 6.07) is 23.9. The van der Waals surface area contributed by atoms with E-state index in [1.807, 2.05) is 67.6 Å². The van der Waals surface area contributed by atoms with Gasteiger partial charge in [0.1, 0.15) is 30.0 Å². The van der Waals surface area contributed by atoms with Crippen LogP contribution in [0.1, 0.15) is 29.9 Å². The van der Waals surface area contributed by atoms with Gasteiger partial charge in [-0.25, -0.2) is 0 Å². The van der Waals surface area contributed by atoms with Crippen molar-refractivity contribution < 1.29 is 14.6 Å². The summed E-state index contributed by atoms with van der Waals surface area (Å²) in [5.74, 6) is 2.99. The Kier molecular flexibility index (Phi) is 7.30. The number of β-amino-alcohol motifs (C(OH)–C–C–N with tert-alkyl or cyclic N) is 1. The van der Waals surface area contributed by atoms with Crippen molar-refractivity contribution in [2.45, 2.75) is 31.8 Å². The first-order valence-corrected chi connectivity index (χ1v) is 11.3. The minimum atomic E-state index is -0.526. The van der Waals surface area contributed by atoms with Crippen molar-refractivity contribution in [3.63, 3.8) is 0 Å². The molecule has 1 heterocycles. The fourth-order valence-electron chi connectivity index (χ4n) is 4.19. The summed E-state index contributed by atoms with van der Waals surface area (Å²) in [7, 11) is 0. The van der Waals surface area contributed by atoms with Gasteiger partial charge in [-0.1, -0.05) is 36.4 Å². The molecular formula is C27H32N2O3. The van der Waals surface area contributed by atoms with Gasteiger partial charge in [-0.2, -0.15) is 0 Å². The molecule has 3 aromatic rings. The van der Waals surface area contributed by atoms with Crippen LogP contribution in [0.3, 0.4) is 0 Å². The van der Waals surface area contributed by atoms with Gasteiger partial charge in [-0.3, -0.25) is 0 Å². The number of nitrogens with two attached hydrogens (primary N) is 1. The molecule has 0 bridgehead atoms. The molecule has 1 aliphatic heterocycles. The lowest BCUT2D eigenvalue weighted by molar-refractivity contribution is 0.0592. The van der Waals surface area contributed by atoms with E-state index in [2.05, 4.69) is 17.0 Å². The maximum atomic E-state index is 10.4. The number of hydrogen-bond acceptors (Lipinski definition) is 5. The predicted octanol–water partition coefficient (Wildman–Crippen LogP) is 4.99. The predicted molar refractivity (Wildman–Crippen MR) is 128 cm³/mol. The summed E-state index contributed by atoms with van der Waals surface area (Å²) in [6.07, 6.45) is 1.64. The lowest BCUT2D eigenvalue weighted by atomic mass is 9.89. The Morgan fingerprint density at radius 2 is 1.66 bits per heavy atom. The van der Waals surface area contributed by atoms with Crippen LogP contribution in [0, 0.1) is 6.92 Å². The van der Waals surface area contributed by atoms with E-state index in [1.165, 1.54) is 5.56 Å². The highest BCUT2D eigenvalue weighted by molar-refractivity contribution is 5.48. The number of rotatable bonds is 8. The monoisotopic (exact) mass is 432 g/mol. The molecule has 3 aromatic carbocycles. The average Bonchev–Trinajstić information content (AvgIpc) is 2.81. The Hall–Kier alpha value is -3.02. The molecule has 0 aromatic heterocycles. The molecule has 4 rings (SSSR count). The van der Waals surface area contributed by atoms with Crippen molar-refractivity contribution in [2.24, 2.45) is 0 Å². The Labute approximate surface area is 190 Å². The standard InChI is InChI=1S/C27H32N2O3/c1-20-7-10-23(28)17-27(20)31-19-24(30)18-29-15-13-22(14-16-29)21-8-11-26(12-9-21)32-25-5-3-2-4-6-25/h2-12,17,22,24,30H,13-16,18-19,28H2,1H3/t24-/m0/s1. The molecule has 1 aliphatic rings. The van der Waals surface area contributed by atoms with E-state index in [9.17, 15) is 5.11 Å². The zero-order valence-electron chi connectivity index (χ0n) is 18.6. The van der Waals surface area contributed by atoms with Crippen LogP contribution in [-0.4, -0.2) is 42.4 Å². The number of anilines is 1. The van der Waals surface area contributed by atoms with Crippen molar-refractivity contribution in [1.29, 1.82) is 0 Å². The van der Waals surface area contributed by atoms with Crippen LogP contribution >= 0.6 is 0 Å². The molecule has 5 nitrogen and oxygen atoms in total. The number of aliphatic hydroxyl groups is 1. The Morgan fingerprint density at radius 3 is 2.38 bits per heavy atom. The molecule has 1 fully saturated rings. The van der Waals surface area contributed by atoms with E-state index in [1.54, 1.807) is 0 Å². The number of ether oxygens (including phenoxy) is 2. The van der Waals surface area contributed by atoms with E-state index in [4.69, 9.17) is 15.2 Å². The molecule has 32 heavy (non-hydrogen) atoms. The summed E-state index contributed by atoms with van der Waals surface area (Å²) < 4.78 is 11.7. The van der Waals surface area contributed by atoms with E-state index in [-0.39, 0.29) is 6.61 Å². The quantitative estimate of drug-likeness (QED) is 0.491. The molecule has 1 saturated heterocycles. The first-order chi connectivity index (χ1) is 15.6. The van der Waals surface area contributed by atoms with Crippen LogP contribution < -0.4 is 15.2 Å². The second-order valence-electron chi connectivity index (χ2n) is 8.55. The highest BCUT2D eigenvalue weighted by atomic mass is 16.5. The summed E-state index contributed by atoms with van der Waals surface area (Å²) in [5, 5.41) is 10.4. The molecule has 0 unspecified atom stereocenters. The van der Waals surface area contributed by atoms with Gasteiger partial charge in [0.2, 0.25) is 0 Å². The Balaban J connectivity index is 1.22. The third kappa shape index (κ3) is 6.02. The van der Waals surface area contributed by atoms with Gasteiger partial charge < -0.3 is 25.2 Å². The van der Waals surface area contributed by atoms with E-state index < -0.39 is 6.10 Å². The Morgan fingerprint density at radius 1 is 0.969 bits per heavy atom. The zero-order valence-corrected chi connectivity index (χ0v) is 18.6. The van der Waals surface area contributed by atoms with Crippen LogP contribution in [0.25, 0.3) is 0 Å². The number of para-hydroxylation sites is 1. The molecule has 0 aliphatic carbocycles. The summed E-state index contributed by atoms with van der Waals surface area (Å²) >= 11 is 0. The van der Waals surface area contributed by atoms with Crippen molar-refractivity contribution in [1.82, 2.24) is 4.90 Å². The first kappa shape index (κ1) is 22.2. The number of nitrogens with zero attached hydrogens (tertiary/aromatic N) is 1. The maximum absolute atomic E-state index is 10.4. The maximum Gasteiger partial charge on any atom is 0.127 e. The van der Waals surface area contributed by atoms with Crippen LogP contribution in [0.2, 0.25) is 0 Å². The van der Waals surface area contributed by atoms with Gasteiger partial charge in [-0.05, 0) is 80.2 Å². The molecule has 0 spiro atoms. The third-order valence-corrected chi connectivity index (χ3v) is 6.03. The lowest BCUT2D eigenvalue weighted by Crippen LogP contribution is -2.40. The van der Waals surface area contributed by atoms with Crippen LogP contribution in [0.15, 0.2) is 72.8 Å². The molecular weight excluding hydrogens is 400 g/mol. The largest absolute Gasteiger partial charge is 0.490 e. The van der Waals surface area contributed by atoms with Gasteiger partial charge >= 0.3 is 0 Å². The first-order valence-electron chi connectivity index (χ1n) is 11.3. The van der Waals surface area contributed by atoms with Crippen LogP contribution in [-0.2, 0) is 0 Å². The topological polar surface area (TPSA) is 68.0 Å². The number of nitrogen functional groups attached to an aromatic ring is 1. The van der Waals surface area contributed by atoms with Gasteiger partial charge in [0.05, 0.1) is 0 Å². The van der Waals surface area contributed by atoms with Crippen LogP contribution in [0.4, 0.5) is 5.69 Å². The summed E-state index contributed by atoms with van der Waals surface area (Å²) in [4.78, 5) is 2.32.